The molecule has 1 unspecified atom stereocenters. The van der Waals surface area contributed by atoms with Crippen LogP contribution in [0.25, 0.3) is 0 Å². The predicted molar refractivity (Wildman–Crippen MR) is 112 cm³/mol. The van der Waals surface area contributed by atoms with Crippen molar-refractivity contribution in [1.82, 2.24) is 20.6 Å². The van der Waals surface area contributed by atoms with Crippen molar-refractivity contribution < 1.29 is 9.59 Å². The van der Waals surface area contributed by atoms with E-state index in [0.717, 1.165) is 43.7 Å². The zero-order chi connectivity index (χ0) is 20.6. The number of aromatic nitrogens is 2. The summed E-state index contributed by atoms with van der Waals surface area (Å²) in [4.78, 5) is 35.5. The molecular weight excluding hydrogens is 366 g/mol. The van der Waals surface area contributed by atoms with Crippen LogP contribution in [0.3, 0.4) is 0 Å². The largest absolute Gasteiger partial charge is 0.355 e. The summed E-state index contributed by atoms with van der Waals surface area (Å²) < 4.78 is 0. The van der Waals surface area contributed by atoms with Gasteiger partial charge in [0.15, 0.2) is 0 Å². The quantitative estimate of drug-likeness (QED) is 0.752. The molecule has 2 amide bonds. The topological polar surface area (TPSA) is 87.2 Å². The monoisotopic (exact) mass is 395 g/mol. The lowest BCUT2D eigenvalue weighted by molar-refractivity contribution is -0.125. The van der Waals surface area contributed by atoms with E-state index in [2.05, 4.69) is 25.5 Å². The van der Waals surface area contributed by atoms with Gasteiger partial charge in [-0.05, 0) is 43.9 Å². The standard InChI is InChI=1S/C22H29N5O2/c1-3-16(2)26-22(29)19-6-4-5-17(13-19)14-25-21(28)18-7-11-27(12-8-18)20-15-23-9-10-24-20/h4-6,9-10,13,15-16,18H,3,7-8,11-12,14H2,1-2H3,(H,25,28)(H,26,29). The molecule has 1 saturated heterocycles. The van der Waals surface area contributed by atoms with Gasteiger partial charge in [0, 0.05) is 49.6 Å². The minimum Gasteiger partial charge on any atom is -0.355 e. The van der Waals surface area contributed by atoms with Crippen molar-refractivity contribution in [2.75, 3.05) is 18.0 Å². The number of nitrogens with one attached hydrogen (secondary N) is 2. The van der Waals surface area contributed by atoms with Crippen molar-refractivity contribution in [3.63, 3.8) is 0 Å². The Bertz CT molecular complexity index is 819. The Kier molecular flexibility index (Phi) is 7.16. The van der Waals surface area contributed by atoms with Gasteiger partial charge in [0.25, 0.3) is 5.91 Å². The van der Waals surface area contributed by atoms with Gasteiger partial charge in [0.05, 0.1) is 6.20 Å². The van der Waals surface area contributed by atoms with E-state index in [4.69, 9.17) is 0 Å². The van der Waals surface area contributed by atoms with Crippen LogP contribution < -0.4 is 15.5 Å². The Balaban J connectivity index is 1.48. The van der Waals surface area contributed by atoms with Crippen LogP contribution >= 0.6 is 0 Å². The van der Waals surface area contributed by atoms with Crippen molar-refractivity contribution in [2.45, 2.75) is 45.7 Å². The van der Waals surface area contributed by atoms with Gasteiger partial charge in [-0.25, -0.2) is 4.98 Å². The van der Waals surface area contributed by atoms with Gasteiger partial charge in [-0.2, -0.15) is 0 Å². The van der Waals surface area contributed by atoms with E-state index in [0.29, 0.717) is 12.1 Å². The molecule has 2 N–H and O–H groups in total. The molecule has 0 radical (unpaired) electrons. The molecule has 1 fully saturated rings. The van der Waals surface area contributed by atoms with E-state index in [1.807, 2.05) is 32.0 Å². The van der Waals surface area contributed by atoms with Crippen molar-refractivity contribution in [3.8, 4) is 0 Å². The van der Waals surface area contributed by atoms with Crippen LogP contribution in [0.5, 0.6) is 0 Å². The molecule has 1 aromatic carbocycles. The van der Waals surface area contributed by atoms with Crippen LogP contribution in [-0.2, 0) is 11.3 Å². The lowest BCUT2D eigenvalue weighted by atomic mass is 9.96. The average molecular weight is 396 g/mol. The molecule has 29 heavy (non-hydrogen) atoms. The second-order valence-electron chi connectivity index (χ2n) is 7.53. The van der Waals surface area contributed by atoms with Crippen molar-refractivity contribution >= 4 is 17.6 Å². The van der Waals surface area contributed by atoms with E-state index >= 15 is 0 Å². The van der Waals surface area contributed by atoms with Gasteiger partial charge < -0.3 is 15.5 Å². The highest BCUT2D eigenvalue weighted by Crippen LogP contribution is 2.21. The molecule has 2 heterocycles. The number of rotatable bonds is 7. The highest BCUT2D eigenvalue weighted by Gasteiger charge is 2.25. The third-order valence-corrected chi connectivity index (χ3v) is 5.39. The smallest absolute Gasteiger partial charge is 0.251 e. The highest BCUT2D eigenvalue weighted by molar-refractivity contribution is 5.94. The minimum absolute atomic E-state index is 0.000179. The van der Waals surface area contributed by atoms with E-state index in [1.54, 1.807) is 24.7 Å². The maximum atomic E-state index is 12.6. The van der Waals surface area contributed by atoms with E-state index < -0.39 is 0 Å². The number of hydrogen-bond acceptors (Lipinski definition) is 5. The van der Waals surface area contributed by atoms with Gasteiger partial charge in [0.2, 0.25) is 5.91 Å². The number of benzene rings is 1. The Morgan fingerprint density at radius 2 is 2.03 bits per heavy atom. The molecule has 7 nitrogen and oxygen atoms in total. The van der Waals surface area contributed by atoms with E-state index in [1.165, 1.54) is 0 Å². The van der Waals surface area contributed by atoms with Crippen molar-refractivity contribution in [1.29, 1.82) is 0 Å². The van der Waals surface area contributed by atoms with Crippen LogP contribution in [0.1, 0.15) is 49.0 Å². The number of carbonyl (C=O) groups is 2. The SMILES string of the molecule is CCC(C)NC(=O)c1cccc(CNC(=O)C2CCN(c3cnccn3)CC2)c1. The Morgan fingerprint density at radius 1 is 1.24 bits per heavy atom. The number of nitrogens with zero attached hydrogens (tertiary/aromatic N) is 3. The van der Waals surface area contributed by atoms with Crippen LogP contribution in [0.15, 0.2) is 42.9 Å². The van der Waals surface area contributed by atoms with Gasteiger partial charge in [-0.1, -0.05) is 19.1 Å². The second kappa shape index (κ2) is 10.0. The summed E-state index contributed by atoms with van der Waals surface area (Å²) in [5, 5.41) is 5.99. The summed E-state index contributed by atoms with van der Waals surface area (Å²) in [6.45, 7) is 6.03. The van der Waals surface area contributed by atoms with Gasteiger partial charge in [0.1, 0.15) is 5.82 Å². The minimum atomic E-state index is -0.0797. The Labute approximate surface area is 171 Å². The number of carbonyl (C=O) groups excluding carboxylic acids is 2. The average Bonchev–Trinajstić information content (AvgIpc) is 2.78. The summed E-state index contributed by atoms with van der Waals surface area (Å²) in [7, 11) is 0. The molecule has 0 spiro atoms. The maximum Gasteiger partial charge on any atom is 0.251 e. The lowest BCUT2D eigenvalue weighted by Crippen LogP contribution is -2.40. The molecule has 1 aliphatic rings. The normalized spacial score (nSPS) is 15.6. The molecule has 1 aliphatic heterocycles. The molecule has 3 rings (SSSR count). The third-order valence-electron chi connectivity index (χ3n) is 5.39. The summed E-state index contributed by atoms with van der Waals surface area (Å²) >= 11 is 0. The number of piperidine rings is 1. The molecule has 154 valence electrons. The first kappa shape index (κ1) is 20.8. The number of hydrogen-bond donors (Lipinski definition) is 2. The number of anilines is 1. The van der Waals surface area contributed by atoms with Gasteiger partial charge in [-0.3, -0.25) is 14.6 Å². The lowest BCUT2D eigenvalue weighted by Gasteiger charge is -2.31. The van der Waals surface area contributed by atoms with Crippen molar-refractivity contribution in [3.05, 3.63) is 54.0 Å². The molecule has 0 saturated carbocycles. The predicted octanol–water partition coefficient (Wildman–Crippen LogP) is 2.54. The summed E-state index contributed by atoms with van der Waals surface area (Å²) in [5.74, 6) is 0.848. The molecule has 1 aromatic heterocycles. The first-order valence-electron chi connectivity index (χ1n) is 10.2. The van der Waals surface area contributed by atoms with Gasteiger partial charge in [-0.15, -0.1) is 0 Å². The fourth-order valence-corrected chi connectivity index (χ4v) is 3.39. The molecule has 2 aromatic rings. The summed E-state index contributed by atoms with van der Waals surface area (Å²) in [5.41, 5.74) is 1.54. The fraction of sp³-hybridized carbons (Fsp3) is 0.455. The zero-order valence-corrected chi connectivity index (χ0v) is 17.1. The number of amides is 2. The van der Waals surface area contributed by atoms with Crippen LogP contribution in [-0.4, -0.2) is 40.9 Å². The molecule has 0 aliphatic carbocycles. The van der Waals surface area contributed by atoms with E-state index in [-0.39, 0.29) is 23.8 Å². The van der Waals surface area contributed by atoms with Gasteiger partial charge >= 0.3 is 0 Å². The first-order chi connectivity index (χ1) is 14.1. The van der Waals surface area contributed by atoms with E-state index in [9.17, 15) is 9.59 Å². The third kappa shape index (κ3) is 5.76. The highest BCUT2D eigenvalue weighted by atomic mass is 16.2. The summed E-state index contributed by atoms with van der Waals surface area (Å²) in [6, 6.07) is 7.56. The molecule has 7 heteroatoms. The maximum absolute atomic E-state index is 12.6. The van der Waals surface area contributed by atoms with Crippen molar-refractivity contribution in [2.24, 2.45) is 5.92 Å². The molecule has 1 atom stereocenters. The van der Waals surface area contributed by atoms with Crippen LogP contribution in [0, 0.1) is 5.92 Å². The van der Waals surface area contributed by atoms with Crippen LogP contribution in [0.2, 0.25) is 0 Å². The molecular formula is C22H29N5O2. The zero-order valence-electron chi connectivity index (χ0n) is 17.1. The Morgan fingerprint density at radius 3 is 2.72 bits per heavy atom. The Hall–Kier alpha value is -2.96. The summed E-state index contributed by atoms with van der Waals surface area (Å²) in [6.07, 6.45) is 7.57. The second-order valence-corrected chi connectivity index (χ2v) is 7.53. The molecule has 0 bridgehead atoms. The fourth-order valence-electron chi connectivity index (χ4n) is 3.39. The van der Waals surface area contributed by atoms with Crippen LogP contribution in [0.4, 0.5) is 5.82 Å². The first-order valence-corrected chi connectivity index (χ1v) is 10.2.